The van der Waals surface area contributed by atoms with Crippen LogP contribution in [0.25, 0.3) is 17.4 Å². The molecule has 6 nitrogen and oxygen atoms in total. The molecule has 1 aliphatic rings. The molecular weight excluding hydrogens is 555 g/mol. The summed E-state index contributed by atoms with van der Waals surface area (Å²) in [6.07, 6.45) is 1.65. The number of thiazole rings is 1. The Morgan fingerprint density at radius 1 is 1.14 bits per heavy atom. The van der Waals surface area contributed by atoms with Gasteiger partial charge in [-0.1, -0.05) is 64.3 Å². The van der Waals surface area contributed by atoms with E-state index in [2.05, 4.69) is 4.99 Å². The molecule has 188 valence electrons. The van der Waals surface area contributed by atoms with Gasteiger partial charge < -0.3 is 9.15 Å². The Morgan fingerprint density at radius 2 is 1.89 bits per heavy atom. The lowest BCUT2D eigenvalue weighted by atomic mass is 9.96. The molecule has 1 atom stereocenters. The van der Waals surface area contributed by atoms with E-state index in [0.29, 0.717) is 58.3 Å². The average molecular weight is 574 g/mol. The second-order valence-corrected chi connectivity index (χ2v) is 10.4. The lowest BCUT2D eigenvalue weighted by Gasteiger charge is -2.24. The molecule has 0 bridgehead atoms. The van der Waals surface area contributed by atoms with Gasteiger partial charge in [0.15, 0.2) is 4.80 Å². The van der Waals surface area contributed by atoms with Crippen LogP contribution in [-0.4, -0.2) is 17.1 Å². The van der Waals surface area contributed by atoms with Gasteiger partial charge in [-0.15, -0.1) is 0 Å². The summed E-state index contributed by atoms with van der Waals surface area (Å²) < 4.78 is 13.2. The topological polar surface area (TPSA) is 73.8 Å². The number of furan rings is 1. The molecule has 4 aromatic rings. The highest BCUT2D eigenvalue weighted by Crippen LogP contribution is 2.34. The van der Waals surface area contributed by atoms with Crippen molar-refractivity contribution in [3.05, 3.63) is 112 Å². The maximum Gasteiger partial charge on any atom is 0.338 e. The first-order valence-corrected chi connectivity index (χ1v) is 13.2. The lowest BCUT2D eigenvalue weighted by molar-refractivity contribution is -0.139. The Kier molecular flexibility index (Phi) is 7.14. The third-order valence-electron chi connectivity index (χ3n) is 5.82. The summed E-state index contributed by atoms with van der Waals surface area (Å²) in [6, 6.07) is 15.1. The molecule has 0 saturated heterocycles. The van der Waals surface area contributed by atoms with Crippen LogP contribution in [0.5, 0.6) is 0 Å². The fourth-order valence-electron chi connectivity index (χ4n) is 4.15. The van der Waals surface area contributed by atoms with E-state index >= 15 is 0 Å². The maximum atomic E-state index is 13.7. The first-order valence-electron chi connectivity index (χ1n) is 11.3. The van der Waals surface area contributed by atoms with Crippen LogP contribution in [-0.2, 0) is 9.53 Å². The van der Waals surface area contributed by atoms with Crippen molar-refractivity contribution < 1.29 is 13.9 Å². The Hall–Kier alpha value is -3.10. The summed E-state index contributed by atoms with van der Waals surface area (Å²) >= 11 is 19.8. The Labute approximate surface area is 230 Å². The zero-order valence-corrected chi connectivity index (χ0v) is 22.7. The van der Waals surface area contributed by atoms with Crippen LogP contribution in [0.1, 0.15) is 31.2 Å². The molecule has 0 spiro atoms. The summed E-state index contributed by atoms with van der Waals surface area (Å²) in [6.45, 7) is 3.67. The molecule has 0 N–H and O–H groups in total. The summed E-state index contributed by atoms with van der Waals surface area (Å²) in [4.78, 5) is 31.7. The first-order chi connectivity index (χ1) is 17.8. The van der Waals surface area contributed by atoms with Gasteiger partial charge >= 0.3 is 5.97 Å². The number of esters is 1. The second kappa shape index (κ2) is 10.3. The lowest BCUT2D eigenvalue weighted by Crippen LogP contribution is -2.39. The van der Waals surface area contributed by atoms with Gasteiger partial charge in [0.25, 0.3) is 5.56 Å². The van der Waals surface area contributed by atoms with Crippen LogP contribution in [0.3, 0.4) is 0 Å². The fourth-order valence-corrected chi connectivity index (χ4v) is 5.70. The number of carbonyl (C=O) groups is 1. The van der Waals surface area contributed by atoms with Gasteiger partial charge in [-0.05, 0) is 55.8 Å². The fraction of sp³-hybridized carbons (Fsp3) is 0.148. The molecule has 37 heavy (non-hydrogen) atoms. The molecule has 0 saturated carbocycles. The number of hydrogen-bond acceptors (Lipinski definition) is 6. The maximum absolute atomic E-state index is 13.7. The molecule has 5 rings (SSSR count). The van der Waals surface area contributed by atoms with E-state index in [0.717, 1.165) is 0 Å². The van der Waals surface area contributed by atoms with E-state index in [4.69, 9.17) is 44.0 Å². The molecule has 0 unspecified atom stereocenters. The van der Waals surface area contributed by atoms with Gasteiger partial charge in [0.2, 0.25) is 0 Å². The molecule has 3 heterocycles. The minimum absolute atomic E-state index is 0.199. The highest BCUT2D eigenvalue weighted by molar-refractivity contribution is 7.07. The van der Waals surface area contributed by atoms with E-state index < -0.39 is 12.0 Å². The molecule has 2 aromatic heterocycles. The van der Waals surface area contributed by atoms with Gasteiger partial charge in [-0.2, -0.15) is 0 Å². The highest BCUT2D eigenvalue weighted by Gasteiger charge is 2.33. The van der Waals surface area contributed by atoms with E-state index in [1.807, 2.05) is 0 Å². The van der Waals surface area contributed by atoms with Crippen LogP contribution in [0.2, 0.25) is 15.1 Å². The minimum Gasteiger partial charge on any atom is -0.463 e. The molecular formula is C27H19Cl3N2O4S. The van der Waals surface area contributed by atoms with Crippen molar-refractivity contribution >= 4 is 58.2 Å². The van der Waals surface area contributed by atoms with Crippen molar-refractivity contribution in [3.8, 4) is 11.3 Å². The molecule has 2 aromatic carbocycles. The Morgan fingerprint density at radius 3 is 2.62 bits per heavy atom. The van der Waals surface area contributed by atoms with Crippen LogP contribution in [0.15, 0.2) is 80.1 Å². The predicted octanol–water partition coefficient (Wildman–Crippen LogP) is 6.02. The summed E-state index contributed by atoms with van der Waals surface area (Å²) in [7, 11) is 0. The SMILES string of the molecule is CCOC(=O)C1=C(C)N=c2s/c(=C/c3ccc(-c4cccc(Cl)c4Cl)o3)c(=O)n2[C@@H]1c1ccc(Cl)cc1. The smallest absolute Gasteiger partial charge is 0.338 e. The Balaban J connectivity index is 1.64. The monoisotopic (exact) mass is 572 g/mol. The number of rotatable bonds is 5. The number of benzene rings is 2. The normalized spacial score (nSPS) is 15.5. The van der Waals surface area contributed by atoms with E-state index in [1.165, 1.54) is 15.9 Å². The van der Waals surface area contributed by atoms with E-state index in [9.17, 15) is 9.59 Å². The number of carbonyl (C=O) groups excluding carboxylic acids is 1. The molecule has 0 amide bonds. The zero-order valence-electron chi connectivity index (χ0n) is 19.6. The van der Waals surface area contributed by atoms with Crippen molar-refractivity contribution in [1.29, 1.82) is 0 Å². The van der Waals surface area contributed by atoms with E-state index in [-0.39, 0.29) is 12.2 Å². The number of halogens is 3. The van der Waals surface area contributed by atoms with Gasteiger partial charge in [-0.3, -0.25) is 9.36 Å². The van der Waals surface area contributed by atoms with Gasteiger partial charge in [0, 0.05) is 16.7 Å². The average Bonchev–Trinajstić information content (AvgIpc) is 3.45. The standard InChI is InChI=1S/C27H19Cl3N2O4S/c1-3-35-26(34)22-14(2)31-27-32(24(22)15-7-9-16(28)10-8-15)25(33)21(37-27)13-17-11-12-20(36-17)18-5-4-6-19(29)23(18)30/h4-13,24H,3H2,1-2H3/b21-13+/t24-/m1/s1. The third-order valence-corrected chi connectivity index (χ3v) is 7.87. The van der Waals surface area contributed by atoms with E-state index in [1.54, 1.807) is 74.5 Å². The first kappa shape index (κ1) is 25.5. The predicted molar refractivity (Wildman–Crippen MR) is 146 cm³/mol. The summed E-state index contributed by atoms with van der Waals surface area (Å²) in [5.74, 6) is 0.457. The third kappa shape index (κ3) is 4.80. The van der Waals surface area contributed by atoms with Crippen LogP contribution in [0, 0.1) is 0 Å². The van der Waals surface area contributed by atoms with Gasteiger partial charge in [-0.25, -0.2) is 9.79 Å². The zero-order chi connectivity index (χ0) is 26.3. The van der Waals surface area contributed by atoms with Crippen LogP contribution >= 0.6 is 46.1 Å². The molecule has 0 fully saturated rings. The van der Waals surface area contributed by atoms with Crippen molar-refractivity contribution in [2.75, 3.05) is 6.61 Å². The number of ether oxygens (including phenoxy) is 1. The molecule has 10 heteroatoms. The number of allylic oxidation sites excluding steroid dienone is 1. The quantitative estimate of drug-likeness (QED) is 0.274. The van der Waals surface area contributed by atoms with Crippen molar-refractivity contribution in [2.45, 2.75) is 19.9 Å². The van der Waals surface area contributed by atoms with Crippen molar-refractivity contribution in [1.82, 2.24) is 4.57 Å². The largest absolute Gasteiger partial charge is 0.463 e. The number of aromatic nitrogens is 1. The van der Waals surface area contributed by atoms with Crippen LogP contribution < -0.4 is 14.9 Å². The minimum atomic E-state index is -0.716. The molecule has 1 aliphatic heterocycles. The molecule has 0 aliphatic carbocycles. The summed E-state index contributed by atoms with van der Waals surface area (Å²) in [5.41, 5.74) is 1.84. The van der Waals surface area contributed by atoms with Gasteiger partial charge in [0.1, 0.15) is 11.5 Å². The second-order valence-electron chi connectivity index (χ2n) is 8.16. The van der Waals surface area contributed by atoms with Crippen molar-refractivity contribution in [3.63, 3.8) is 0 Å². The highest BCUT2D eigenvalue weighted by atomic mass is 35.5. The molecule has 0 radical (unpaired) electrons. The van der Waals surface area contributed by atoms with Crippen LogP contribution in [0.4, 0.5) is 0 Å². The van der Waals surface area contributed by atoms with Crippen molar-refractivity contribution in [2.24, 2.45) is 4.99 Å². The van der Waals surface area contributed by atoms with Gasteiger partial charge in [0.05, 0.1) is 38.5 Å². The number of hydrogen-bond donors (Lipinski definition) is 0. The summed E-state index contributed by atoms with van der Waals surface area (Å²) in [5, 5.41) is 1.35. The number of fused-ring (bicyclic) bond motifs is 1. The Bertz CT molecular complexity index is 1730. The number of nitrogens with zero attached hydrogens (tertiary/aromatic N) is 2.